The van der Waals surface area contributed by atoms with Crippen LogP contribution in [-0.4, -0.2) is 19.5 Å². The Morgan fingerprint density at radius 3 is 2.50 bits per heavy atom. The average Bonchev–Trinajstić information content (AvgIpc) is 2.18. The van der Waals surface area contributed by atoms with E-state index >= 15 is 0 Å². The van der Waals surface area contributed by atoms with Crippen molar-refractivity contribution in [1.82, 2.24) is 0 Å². The van der Waals surface area contributed by atoms with Crippen LogP contribution >= 0.6 is 0 Å². The third-order valence-corrected chi connectivity index (χ3v) is 2.11. The lowest BCUT2D eigenvalue weighted by Gasteiger charge is -2.01. The van der Waals surface area contributed by atoms with E-state index in [1.807, 2.05) is 31.2 Å². The summed E-state index contributed by atoms with van der Waals surface area (Å²) in [5.41, 5.74) is 2.30. The monoisotopic (exact) mass is 192 g/mol. The van der Waals surface area contributed by atoms with Crippen molar-refractivity contribution >= 4 is 5.78 Å². The van der Waals surface area contributed by atoms with Crippen molar-refractivity contribution < 1.29 is 9.53 Å². The zero-order chi connectivity index (χ0) is 10.4. The largest absolute Gasteiger partial charge is 0.384 e. The number of ether oxygens (including phenoxy) is 1. The van der Waals surface area contributed by atoms with E-state index in [0.29, 0.717) is 19.4 Å². The molecule has 0 spiro atoms. The number of carbonyl (C=O) groups is 1. The summed E-state index contributed by atoms with van der Waals surface area (Å²) in [7, 11) is 1.61. The molecule has 0 aliphatic heterocycles. The highest BCUT2D eigenvalue weighted by molar-refractivity contribution is 5.80. The van der Waals surface area contributed by atoms with E-state index in [4.69, 9.17) is 4.74 Å². The van der Waals surface area contributed by atoms with E-state index < -0.39 is 0 Å². The molecule has 0 N–H and O–H groups in total. The molecule has 0 saturated carbocycles. The van der Waals surface area contributed by atoms with E-state index in [0.717, 1.165) is 5.56 Å². The van der Waals surface area contributed by atoms with Crippen LogP contribution in [0.1, 0.15) is 17.5 Å². The molecule has 1 rings (SSSR count). The molecule has 1 aromatic rings. The number of ketones is 1. The molecule has 0 amide bonds. The first-order valence-corrected chi connectivity index (χ1v) is 4.78. The zero-order valence-corrected chi connectivity index (χ0v) is 8.75. The second-order valence-corrected chi connectivity index (χ2v) is 3.44. The zero-order valence-electron chi connectivity index (χ0n) is 8.75. The molecule has 14 heavy (non-hydrogen) atoms. The number of carbonyl (C=O) groups excluding carboxylic acids is 1. The van der Waals surface area contributed by atoms with Crippen molar-refractivity contribution in [3.63, 3.8) is 0 Å². The van der Waals surface area contributed by atoms with Crippen molar-refractivity contribution in [2.24, 2.45) is 0 Å². The predicted octanol–water partition coefficient (Wildman–Crippen LogP) is 2.14. The maximum absolute atomic E-state index is 11.4. The van der Waals surface area contributed by atoms with Gasteiger partial charge in [0.2, 0.25) is 0 Å². The lowest BCUT2D eigenvalue weighted by atomic mass is 10.1. The standard InChI is InChI=1S/C12H16O2/c1-10-3-5-11(6-4-10)9-12(13)7-8-14-2/h3-6H,7-9H2,1-2H3. The minimum Gasteiger partial charge on any atom is -0.384 e. The Balaban J connectivity index is 2.44. The number of hydrogen-bond donors (Lipinski definition) is 0. The molecule has 0 unspecified atom stereocenters. The highest BCUT2D eigenvalue weighted by Crippen LogP contribution is 2.05. The van der Waals surface area contributed by atoms with Crippen molar-refractivity contribution in [2.45, 2.75) is 19.8 Å². The molecule has 0 radical (unpaired) electrons. The van der Waals surface area contributed by atoms with Crippen LogP contribution in [0.4, 0.5) is 0 Å². The fourth-order valence-electron chi connectivity index (χ4n) is 1.24. The van der Waals surface area contributed by atoms with Crippen LogP contribution in [0.5, 0.6) is 0 Å². The van der Waals surface area contributed by atoms with Crippen LogP contribution in [-0.2, 0) is 16.0 Å². The molecule has 0 bridgehead atoms. The highest BCUT2D eigenvalue weighted by atomic mass is 16.5. The Labute approximate surface area is 84.9 Å². The van der Waals surface area contributed by atoms with Gasteiger partial charge in [-0.3, -0.25) is 4.79 Å². The van der Waals surface area contributed by atoms with Crippen molar-refractivity contribution in [3.8, 4) is 0 Å². The molecule has 0 saturated heterocycles. The predicted molar refractivity (Wildman–Crippen MR) is 56.4 cm³/mol. The van der Waals surface area contributed by atoms with Gasteiger partial charge in [0.05, 0.1) is 6.61 Å². The minimum absolute atomic E-state index is 0.232. The van der Waals surface area contributed by atoms with Crippen molar-refractivity contribution in [2.75, 3.05) is 13.7 Å². The smallest absolute Gasteiger partial charge is 0.139 e. The molecule has 0 aromatic heterocycles. The first kappa shape index (κ1) is 10.9. The van der Waals surface area contributed by atoms with Crippen molar-refractivity contribution in [3.05, 3.63) is 35.4 Å². The van der Waals surface area contributed by atoms with E-state index in [2.05, 4.69) is 0 Å². The topological polar surface area (TPSA) is 26.3 Å². The lowest BCUT2D eigenvalue weighted by molar-refractivity contribution is -0.119. The third kappa shape index (κ3) is 3.71. The Morgan fingerprint density at radius 2 is 1.93 bits per heavy atom. The summed E-state index contributed by atoms with van der Waals surface area (Å²) >= 11 is 0. The van der Waals surface area contributed by atoms with Gasteiger partial charge < -0.3 is 4.74 Å². The summed E-state index contributed by atoms with van der Waals surface area (Å²) in [6.45, 7) is 2.56. The third-order valence-electron chi connectivity index (χ3n) is 2.11. The maximum Gasteiger partial charge on any atom is 0.139 e. The fourth-order valence-corrected chi connectivity index (χ4v) is 1.24. The molecular formula is C12H16O2. The first-order chi connectivity index (χ1) is 6.72. The van der Waals surface area contributed by atoms with Crippen LogP contribution in [0.3, 0.4) is 0 Å². The van der Waals surface area contributed by atoms with E-state index in [9.17, 15) is 4.79 Å². The van der Waals surface area contributed by atoms with Gasteiger partial charge in [0, 0.05) is 20.0 Å². The van der Waals surface area contributed by atoms with Gasteiger partial charge in [-0.1, -0.05) is 29.8 Å². The van der Waals surface area contributed by atoms with Crippen molar-refractivity contribution in [1.29, 1.82) is 0 Å². The van der Waals surface area contributed by atoms with Gasteiger partial charge in [0.1, 0.15) is 5.78 Å². The van der Waals surface area contributed by atoms with Crippen LogP contribution in [0.15, 0.2) is 24.3 Å². The molecule has 0 aliphatic rings. The highest BCUT2D eigenvalue weighted by Gasteiger charge is 2.02. The minimum atomic E-state index is 0.232. The Hall–Kier alpha value is -1.15. The summed E-state index contributed by atoms with van der Waals surface area (Å²) in [5, 5.41) is 0. The molecule has 1 aromatic carbocycles. The quantitative estimate of drug-likeness (QED) is 0.714. The number of rotatable bonds is 5. The van der Waals surface area contributed by atoms with Gasteiger partial charge in [-0.2, -0.15) is 0 Å². The van der Waals surface area contributed by atoms with Gasteiger partial charge in [0.25, 0.3) is 0 Å². The number of aryl methyl sites for hydroxylation is 1. The Kier molecular flexibility index (Phi) is 4.33. The van der Waals surface area contributed by atoms with Crippen LogP contribution in [0.25, 0.3) is 0 Å². The molecule has 2 nitrogen and oxygen atoms in total. The molecule has 0 heterocycles. The van der Waals surface area contributed by atoms with Crippen LogP contribution in [0.2, 0.25) is 0 Å². The second-order valence-electron chi connectivity index (χ2n) is 3.44. The van der Waals surface area contributed by atoms with Gasteiger partial charge >= 0.3 is 0 Å². The van der Waals surface area contributed by atoms with Crippen LogP contribution in [0, 0.1) is 6.92 Å². The fraction of sp³-hybridized carbons (Fsp3) is 0.417. The number of hydrogen-bond acceptors (Lipinski definition) is 2. The summed E-state index contributed by atoms with van der Waals surface area (Å²) in [4.78, 5) is 11.4. The Morgan fingerprint density at radius 1 is 1.29 bits per heavy atom. The summed E-state index contributed by atoms with van der Waals surface area (Å²) in [6, 6.07) is 8.05. The molecule has 0 aliphatic carbocycles. The Bertz CT molecular complexity index is 288. The van der Waals surface area contributed by atoms with Gasteiger partial charge in [-0.05, 0) is 12.5 Å². The van der Waals surface area contributed by atoms with Gasteiger partial charge in [-0.15, -0.1) is 0 Å². The average molecular weight is 192 g/mol. The summed E-state index contributed by atoms with van der Waals surface area (Å²) in [5.74, 6) is 0.232. The van der Waals surface area contributed by atoms with E-state index in [1.165, 1.54) is 5.56 Å². The number of Topliss-reactive ketones (excluding diaryl/α,β-unsaturated/α-hetero) is 1. The molecule has 2 heteroatoms. The van der Waals surface area contributed by atoms with E-state index in [1.54, 1.807) is 7.11 Å². The normalized spacial score (nSPS) is 10.1. The number of benzene rings is 1. The van der Waals surface area contributed by atoms with Gasteiger partial charge in [-0.25, -0.2) is 0 Å². The van der Waals surface area contributed by atoms with Gasteiger partial charge in [0.15, 0.2) is 0 Å². The SMILES string of the molecule is COCCC(=O)Cc1ccc(C)cc1. The van der Waals surface area contributed by atoms with Crippen LogP contribution < -0.4 is 0 Å². The summed E-state index contributed by atoms with van der Waals surface area (Å²) in [6.07, 6.45) is 1.02. The maximum atomic E-state index is 11.4. The molecular weight excluding hydrogens is 176 g/mol. The number of methoxy groups -OCH3 is 1. The second kappa shape index (κ2) is 5.55. The van der Waals surface area contributed by atoms with E-state index in [-0.39, 0.29) is 5.78 Å². The summed E-state index contributed by atoms with van der Waals surface area (Å²) < 4.78 is 4.85. The molecule has 0 fully saturated rings. The first-order valence-electron chi connectivity index (χ1n) is 4.78. The molecule has 76 valence electrons. The molecule has 0 atom stereocenters. The lowest BCUT2D eigenvalue weighted by Crippen LogP contribution is -2.05.